The predicted molar refractivity (Wildman–Crippen MR) is 111 cm³/mol. The van der Waals surface area contributed by atoms with Crippen molar-refractivity contribution in [2.45, 2.75) is 51.5 Å². The first kappa shape index (κ1) is 27.6. The third kappa shape index (κ3) is 17.2. The van der Waals surface area contributed by atoms with E-state index < -0.39 is 0 Å². The number of nitrogens with two attached hydrogens (primary N) is 1. The minimum Gasteiger partial charge on any atom is -0.377 e. The van der Waals surface area contributed by atoms with E-state index in [4.69, 9.17) is 19.9 Å². The first-order chi connectivity index (χ1) is 14.0. The van der Waals surface area contributed by atoms with E-state index in [1.165, 1.54) is 0 Å². The average Bonchev–Trinajstić information content (AvgIpc) is 2.72. The lowest BCUT2D eigenvalue weighted by Gasteiger charge is -2.13. The molecule has 0 aromatic rings. The Balaban J connectivity index is 3.44. The number of rotatable bonds is 21. The van der Waals surface area contributed by atoms with Crippen molar-refractivity contribution in [1.29, 1.82) is 0 Å². The van der Waals surface area contributed by atoms with Crippen LogP contribution in [0, 0.1) is 0 Å². The van der Waals surface area contributed by atoms with Crippen LogP contribution in [0.3, 0.4) is 0 Å². The molecule has 1 atom stereocenters. The lowest BCUT2D eigenvalue weighted by molar-refractivity contribution is -0.126. The fraction of sp³-hybridized carbons (Fsp3) is 0.850. The largest absolute Gasteiger partial charge is 0.377 e. The summed E-state index contributed by atoms with van der Waals surface area (Å²) in [6, 6.07) is -0.193. The van der Waals surface area contributed by atoms with Gasteiger partial charge < -0.3 is 30.6 Å². The van der Waals surface area contributed by atoms with Crippen molar-refractivity contribution >= 4 is 17.5 Å². The molecule has 0 bridgehead atoms. The summed E-state index contributed by atoms with van der Waals surface area (Å²) in [6.07, 6.45) is 4.64. The molecule has 1 amide bonds. The maximum absolute atomic E-state index is 11.8. The number of likely N-dealkylation sites (N-methyl/N-ethyl adjacent to an activating group) is 1. The molecule has 9 nitrogen and oxygen atoms in total. The second kappa shape index (κ2) is 19.9. The standard InChI is InChI=1S/C20H39N3O6/c1-3-10-28-16-20(26)23-9-11-27-12-13-29-15-17(24)7-5-4-6-8-18(22-2)19(25)14-21/h18,22H,3-16,21H2,1-2H3,(H,23,26)/t18-/m0/s1. The molecular formula is C20H39N3O6. The van der Waals surface area contributed by atoms with Crippen molar-refractivity contribution in [3.63, 3.8) is 0 Å². The van der Waals surface area contributed by atoms with Crippen LogP contribution in [0.25, 0.3) is 0 Å². The summed E-state index contributed by atoms with van der Waals surface area (Å²) in [4.78, 5) is 34.7. The Morgan fingerprint density at radius 1 is 0.931 bits per heavy atom. The van der Waals surface area contributed by atoms with Crippen LogP contribution < -0.4 is 16.4 Å². The van der Waals surface area contributed by atoms with Crippen molar-refractivity contribution < 1.29 is 28.6 Å². The summed E-state index contributed by atoms with van der Waals surface area (Å²) < 4.78 is 15.8. The maximum atomic E-state index is 11.8. The quantitative estimate of drug-likeness (QED) is 0.226. The van der Waals surface area contributed by atoms with Gasteiger partial charge in [-0.2, -0.15) is 0 Å². The third-order valence-electron chi connectivity index (χ3n) is 4.17. The van der Waals surface area contributed by atoms with Gasteiger partial charge in [0.25, 0.3) is 0 Å². The van der Waals surface area contributed by atoms with E-state index >= 15 is 0 Å². The normalized spacial score (nSPS) is 12.0. The van der Waals surface area contributed by atoms with Crippen LogP contribution in [0.5, 0.6) is 0 Å². The van der Waals surface area contributed by atoms with E-state index in [1.54, 1.807) is 7.05 Å². The van der Waals surface area contributed by atoms with Gasteiger partial charge in [-0.3, -0.25) is 14.4 Å². The van der Waals surface area contributed by atoms with Crippen molar-refractivity contribution in [1.82, 2.24) is 10.6 Å². The molecule has 29 heavy (non-hydrogen) atoms. The second-order valence-corrected chi connectivity index (χ2v) is 6.72. The number of ketones is 2. The van der Waals surface area contributed by atoms with E-state index in [0.717, 1.165) is 32.1 Å². The predicted octanol–water partition coefficient (Wildman–Crippen LogP) is 0.198. The molecule has 0 unspecified atom stereocenters. The fourth-order valence-electron chi connectivity index (χ4n) is 2.56. The van der Waals surface area contributed by atoms with E-state index in [9.17, 15) is 14.4 Å². The molecule has 170 valence electrons. The smallest absolute Gasteiger partial charge is 0.246 e. The SMILES string of the molecule is CCCOCC(=O)NCCOCCOCC(=O)CCCCC[C@H](NC)C(=O)CN. The Bertz CT molecular complexity index is 448. The molecule has 4 N–H and O–H groups in total. The van der Waals surface area contributed by atoms with Crippen molar-refractivity contribution in [2.75, 3.05) is 59.8 Å². The molecule has 0 rings (SSSR count). The zero-order valence-electron chi connectivity index (χ0n) is 18.0. The monoisotopic (exact) mass is 417 g/mol. The van der Waals surface area contributed by atoms with Gasteiger partial charge in [0.2, 0.25) is 5.91 Å². The van der Waals surface area contributed by atoms with Crippen LogP contribution in [0.15, 0.2) is 0 Å². The first-order valence-corrected chi connectivity index (χ1v) is 10.5. The molecule has 0 saturated heterocycles. The molecule has 0 aromatic heterocycles. The molecule has 0 aliphatic carbocycles. The van der Waals surface area contributed by atoms with Crippen LogP contribution in [0.2, 0.25) is 0 Å². The average molecular weight is 418 g/mol. The van der Waals surface area contributed by atoms with Crippen LogP contribution >= 0.6 is 0 Å². The molecule has 0 spiro atoms. The Hall–Kier alpha value is -1.39. The highest BCUT2D eigenvalue weighted by Gasteiger charge is 2.13. The fourth-order valence-corrected chi connectivity index (χ4v) is 2.56. The Morgan fingerprint density at radius 2 is 1.66 bits per heavy atom. The van der Waals surface area contributed by atoms with Crippen LogP contribution in [-0.2, 0) is 28.6 Å². The lowest BCUT2D eigenvalue weighted by atomic mass is 10.0. The zero-order valence-corrected chi connectivity index (χ0v) is 18.0. The van der Waals surface area contributed by atoms with Gasteiger partial charge in [-0.15, -0.1) is 0 Å². The number of Topliss-reactive ketones (excluding diaryl/α,β-unsaturated/α-hetero) is 2. The van der Waals surface area contributed by atoms with Gasteiger partial charge in [-0.25, -0.2) is 0 Å². The molecule has 0 radical (unpaired) electrons. The molecule has 0 fully saturated rings. The van der Waals surface area contributed by atoms with Gasteiger partial charge >= 0.3 is 0 Å². The number of nitrogens with one attached hydrogen (secondary N) is 2. The summed E-state index contributed by atoms with van der Waals surface area (Å²) in [5, 5.41) is 5.66. The Labute approximate surface area is 174 Å². The van der Waals surface area contributed by atoms with E-state index in [-0.39, 0.29) is 43.3 Å². The van der Waals surface area contributed by atoms with Crippen LogP contribution in [-0.4, -0.2) is 83.3 Å². The van der Waals surface area contributed by atoms with Crippen molar-refractivity contribution in [3.05, 3.63) is 0 Å². The highest BCUT2D eigenvalue weighted by molar-refractivity contribution is 5.85. The number of unbranched alkanes of at least 4 members (excludes halogenated alkanes) is 2. The molecule has 0 saturated carbocycles. The molecule has 9 heteroatoms. The number of ether oxygens (including phenoxy) is 3. The molecule has 0 aliphatic heterocycles. The highest BCUT2D eigenvalue weighted by Crippen LogP contribution is 2.07. The van der Waals surface area contributed by atoms with Gasteiger partial charge in [0, 0.05) is 19.6 Å². The summed E-state index contributed by atoms with van der Waals surface area (Å²) in [5.74, 6) is -0.0773. The Kier molecular flexibility index (Phi) is 19.0. The number of carbonyl (C=O) groups excluding carboxylic acids is 3. The number of hydrogen-bond donors (Lipinski definition) is 3. The highest BCUT2D eigenvalue weighted by atomic mass is 16.5. The summed E-state index contributed by atoms with van der Waals surface area (Å²) in [6.45, 7) is 4.27. The number of amides is 1. The van der Waals surface area contributed by atoms with Crippen molar-refractivity contribution in [2.24, 2.45) is 5.73 Å². The Morgan fingerprint density at radius 3 is 2.34 bits per heavy atom. The van der Waals surface area contributed by atoms with Gasteiger partial charge in [0.1, 0.15) is 13.2 Å². The van der Waals surface area contributed by atoms with E-state index in [1.807, 2.05) is 6.92 Å². The van der Waals surface area contributed by atoms with Gasteiger partial charge in [0.05, 0.1) is 32.4 Å². The summed E-state index contributed by atoms with van der Waals surface area (Å²) in [5.41, 5.74) is 5.36. The maximum Gasteiger partial charge on any atom is 0.246 e. The number of hydrogen-bond acceptors (Lipinski definition) is 8. The van der Waals surface area contributed by atoms with Crippen LogP contribution in [0.4, 0.5) is 0 Å². The minimum atomic E-state index is -0.193. The number of carbonyl (C=O) groups is 3. The van der Waals surface area contributed by atoms with Crippen LogP contribution in [0.1, 0.15) is 45.4 Å². The van der Waals surface area contributed by atoms with Gasteiger partial charge in [-0.1, -0.05) is 19.8 Å². The lowest BCUT2D eigenvalue weighted by Crippen LogP contribution is -2.38. The van der Waals surface area contributed by atoms with Gasteiger partial charge in [-0.05, 0) is 26.3 Å². The molecule has 0 aromatic carbocycles. The second-order valence-electron chi connectivity index (χ2n) is 6.72. The van der Waals surface area contributed by atoms with Gasteiger partial charge in [0.15, 0.2) is 11.6 Å². The van der Waals surface area contributed by atoms with Crippen molar-refractivity contribution in [3.8, 4) is 0 Å². The zero-order chi connectivity index (χ0) is 21.7. The topological polar surface area (TPSA) is 129 Å². The molecule has 0 aliphatic rings. The summed E-state index contributed by atoms with van der Waals surface area (Å²) in [7, 11) is 1.75. The molecule has 0 heterocycles. The summed E-state index contributed by atoms with van der Waals surface area (Å²) >= 11 is 0. The minimum absolute atomic E-state index is 0.0163. The first-order valence-electron chi connectivity index (χ1n) is 10.5. The molecular weight excluding hydrogens is 378 g/mol. The van der Waals surface area contributed by atoms with E-state index in [2.05, 4.69) is 10.6 Å². The van der Waals surface area contributed by atoms with E-state index in [0.29, 0.717) is 39.4 Å². The third-order valence-corrected chi connectivity index (χ3v) is 4.17.